The second-order valence-electron chi connectivity index (χ2n) is 7.78. The van der Waals surface area contributed by atoms with Gasteiger partial charge in [0.05, 0.1) is 11.6 Å². The van der Waals surface area contributed by atoms with Gasteiger partial charge < -0.3 is 15.5 Å². The number of hydrogen-bond acceptors (Lipinski definition) is 3. The molecule has 0 heterocycles. The molecule has 28 heavy (non-hydrogen) atoms. The Bertz CT molecular complexity index is 750. The molecule has 4 nitrogen and oxygen atoms in total. The first-order valence-corrected chi connectivity index (χ1v) is 10.2. The van der Waals surface area contributed by atoms with Gasteiger partial charge in [0.15, 0.2) is 0 Å². The average molecular weight is 384 g/mol. The van der Waals surface area contributed by atoms with Gasteiger partial charge in [-0.3, -0.25) is 4.79 Å². The minimum atomic E-state index is -0.606. The fourth-order valence-corrected chi connectivity index (χ4v) is 3.67. The predicted molar refractivity (Wildman–Crippen MR) is 114 cm³/mol. The normalized spacial score (nSPS) is 14.3. The van der Waals surface area contributed by atoms with E-state index in [0.29, 0.717) is 11.5 Å². The zero-order chi connectivity index (χ0) is 20.7. The molecule has 4 heteroatoms. The summed E-state index contributed by atoms with van der Waals surface area (Å²) in [6, 6.07) is 12.2. The molecule has 3 atom stereocenters. The lowest BCUT2D eigenvalue weighted by Crippen LogP contribution is -2.27. The first-order valence-electron chi connectivity index (χ1n) is 10.2. The van der Waals surface area contributed by atoms with Crippen LogP contribution in [0.2, 0.25) is 0 Å². The number of rotatable bonds is 9. The number of carbonyl (C=O) groups excluding carboxylic acids is 1. The topological polar surface area (TPSA) is 69.6 Å². The van der Waals surface area contributed by atoms with Crippen LogP contribution in [0.3, 0.4) is 0 Å². The van der Waals surface area contributed by atoms with E-state index in [1.54, 1.807) is 12.1 Å². The van der Waals surface area contributed by atoms with Gasteiger partial charge in [0.25, 0.3) is 0 Å². The van der Waals surface area contributed by atoms with Gasteiger partial charge >= 0.3 is 0 Å². The molecular formula is C24H33NO3. The van der Waals surface area contributed by atoms with E-state index < -0.39 is 6.04 Å². The number of phenols is 2. The van der Waals surface area contributed by atoms with Crippen LogP contribution in [0, 0.1) is 5.92 Å². The zero-order valence-electron chi connectivity index (χ0n) is 17.4. The number of nitrogens with one attached hydrogen (secondary N) is 1. The molecular weight excluding hydrogens is 350 g/mol. The van der Waals surface area contributed by atoms with Gasteiger partial charge in [0.1, 0.15) is 11.5 Å². The molecule has 0 saturated heterocycles. The van der Waals surface area contributed by atoms with Crippen molar-refractivity contribution in [2.45, 2.75) is 65.3 Å². The maximum absolute atomic E-state index is 11.7. The van der Waals surface area contributed by atoms with Gasteiger partial charge in [0, 0.05) is 6.92 Å². The fourth-order valence-electron chi connectivity index (χ4n) is 3.67. The zero-order valence-corrected chi connectivity index (χ0v) is 17.4. The molecule has 3 unspecified atom stereocenters. The summed E-state index contributed by atoms with van der Waals surface area (Å²) in [5.41, 5.74) is 2.05. The Balaban J connectivity index is 2.34. The number of phenolic OH excluding ortho intramolecular Hbond substituents is 2. The second-order valence-corrected chi connectivity index (χ2v) is 7.78. The summed E-state index contributed by atoms with van der Waals surface area (Å²) in [6.45, 7) is 7.97. The summed E-state index contributed by atoms with van der Waals surface area (Å²) < 4.78 is 0. The molecule has 0 aliphatic carbocycles. The van der Waals surface area contributed by atoms with Crippen molar-refractivity contribution in [2.24, 2.45) is 5.92 Å². The van der Waals surface area contributed by atoms with Crippen LogP contribution in [-0.4, -0.2) is 16.1 Å². The van der Waals surface area contributed by atoms with Gasteiger partial charge in [-0.15, -0.1) is 0 Å². The van der Waals surface area contributed by atoms with Crippen LogP contribution < -0.4 is 5.32 Å². The monoisotopic (exact) mass is 383 g/mol. The van der Waals surface area contributed by atoms with E-state index in [0.717, 1.165) is 17.5 Å². The summed E-state index contributed by atoms with van der Waals surface area (Å²) in [6.07, 6.45) is 4.73. The second kappa shape index (κ2) is 10.2. The molecule has 152 valence electrons. The summed E-state index contributed by atoms with van der Waals surface area (Å²) in [5, 5.41) is 24.3. The predicted octanol–water partition coefficient (Wildman–Crippen LogP) is 5.64. The van der Waals surface area contributed by atoms with Gasteiger partial charge in [-0.1, -0.05) is 76.8 Å². The maximum atomic E-state index is 11.7. The summed E-state index contributed by atoms with van der Waals surface area (Å²) in [7, 11) is 0. The number of aromatic hydroxyl groups is 2. The van der Waals surface area contributed by atoms with Crippen LogP contribution in [0.1, 0.15) is 82.0 Å². The van der Waals surface area contributed by atoms with Crippen LogP contribution >= 0.6 is 0 Å². The van der Waals surface area contributed by atoms with Crippen LogP contribution in [0.5, 0.6) is 11.5 Å². The van der Waals surface area contributed by atoms with E-state index in [4.69, 9.17) is 0 Å². The van der Waals surface area contributed by atoms with Crippen molar-refractivity contribution in [2.75, 3.05) is 0 Å². The molecule has 2 aromatic carbocycles. The Morgan fingerprint density at radius 2 is 1.61 bits per heavy atom. The van der Waals surface area contributed by atoms with Gasteiger partial charge in [-0.25, -0.2) is 0 Å². The molecule has 0 spiro atoms. The minimum Gasteiger partial charge on any atom is -0.507 e. The number of unbranched alkanes of at least 4 members (excludes halogenated alkanes) is 2. The third kappa shape index (κ3) is 5.51. The molecule has 0 aliphatic rings. The average Bonchev–Trinajstić information content (AvgIpc) is 2.66. The van der Waals surface area contributed by atoms with E-state index in [2.05, 4.69) is 26.1 Å². The quantitative estimate of drug-likeness (QED) is 0.491. The molecule has 2 rings (SSSR count). The summed E-state index contributed by atoms with van der Waals surface area (Å²) >= 11 is 0. The lowest BCUT2D eigenvalue weighted by Gasteiger charge is -2.24. The van der Waals surface area contributed by atoms with Crippen LogP contribution in [-0.2, 0) is 4.79 Å². The van der Waals surface area contributed by atoms with Gasteiger partial charge in [-0.2, -0.15) is 0 Å². The van der Waals surface area contributed by atoms with Crippen molar-refractivity contribution in [3.63, 3.8) is 0 Å². The molecule has 0 aromatic heterocycles. The molecule has 0 radical (unpaired) electrons. The maximum Gasteiger partial charge on any atom is 0.217 e. The fraction of sp³-hybridized carbons (Fsp3) is 0.458. The van der Waals surface area contributed by atoms with E-state index in [-0.39, 0.29) is 23.3 Å². The molecule has 0 aliphatic heterocycles. The lowest BCUT2D eigenvalue weighted by atomic mass is 9.84. The standard InChI is InChI=1S/C24H33NO3/c1-5-6-8-11-16(2)17(3)20-14-21(27)23(22(28)15-20)24(25-18(4)26)19-12-9-7-10-13-19/h7,9-10,12-17,24,27-28H,5-6,8,11H2,1-4H3,(H,25,26). The SMILES string of the molecule is CCCCCC(C)C(C)c1cc(O)c(C(NC(C)=O)c2ccccc2)c(O)c1. The van der Waals surface area contributed by atoms with Crippen molar-refractivity contribution in [1.29, 1.82) is 0 Å². The number of carbonyl (C=O) groups is 1. The Hall–Kier alpha value is -2.49. The largest absolute Gasteiger partial charge is 0.507 e. The van der Waals surface area contributed by atoms with E-state index in [1.807, 2.05) is 30.3 Å². The number of hydrogen-bond donors (Lipinski definition) is 3. The van der Waals surface area contributed by atoms with Crippen molar-refractivity contribution in [1.82, 2.24) is 5.32 Å². The van der Waals surface area contributed by atoms with E-state index in [9.17, 15) is 15.0 Å². The van der Waals surface area contributed by atoms with Crippen molar-refractivity contribution in [3.05, 3.63) is 59.2 Å². The van der Waals surface area contributed by atoms with Gasteiger partial charge in [-0.05, 0) is 35.1 Å². The lowest BCUT2D eigenvalue weighted by molar-refractivity contribution is -0.119. The molecule has 0 saturated carbocycles. The molecule has 1 amide bonds. The minimum absolute atomic E-state index is 0.00483. The van der Waals surface area contributed by atoms with E-state index >= 15 is 0 Å². The highest BCUT2D eigenvalue weighted by Crippen LogP contribution is 2.40. The van der Waals surface area contributed by atoms with Crippen LogP contribution in [0.15, 0.2) is 42.5 Å². The highest BCUT2D eigenvalue weighted by Gasteiger charge is 2.25. The Labute approximate surface area is 168 Å². The van der Waals surface area contributed by atoms with Crippen molar-refractivity contribution in [3.8, 4) is 11.5 Å². The Morgan fingerprint density at radius 1 is 1.00 bits per heavy atom. The van der Waals surface area contributed by atoms with Crippen LogP contribution in [0.25, 0.3) is 0 Å². The molecule has 0 bridgehead atoms. The Kier molecular flexibility index (Phi) is 7.91. The highest BCUT2D eigenvalue weighted by molar-refractivity contribution is 5.74. The van der Waals surface area contributed by atoms with Crippen molar-refractivity contribution >= 4 is 5.91 Å². The summed E-state index contributed by atoms with van der Waals surface area (Å²) in [4.78, 5) is 11.7. The van der Waals surface area contributed by atoms with Gasteiger partial charge in [0.2, 0.25) is 5.91 Å². The number of amides is 1. The first kappa shape index (κ1) is 21.8. The Morgan fingerprint density at radius 3 is 2.14 bits per heavy atom. The first-order chi connectivity index (χ1) is 13.3. The molecule has 3 N–H and O–H groups in total. The number of benzene rings is 2. The highest BCUT2D eigenvalue weighted by atomic mass is 16.3. The van der Waals surface area contributed by atoms with Crippen LogP contribution in [0.4, 0.5) is 0 Å². The molecule has 0 fully saturated rings. The molecule has 2 aromatic rings. The third-order valence-electron chi connectivity index (χ3n) is 5.57. The van der Waals surface area contributed by atoms with Crippen molar-refractivity contribution < 1.29 is 15.0 Å². The third-order valence-corrected chi connectivity index (χ3v) is 5.57. The summed E-state index contributed by atoms with van der Waals surface area (Å²) in [5.74, 6) is 0.458. The van der Waals surface area contributed by atoms with E-state index in [1.165, 1.54) is 26.2 Å². The smallest absolute Gasteiger partial charge is 0.217 e.